The monoisotopic (exact) mass is 315 g/mol. The van der Waals surface area contributed by atoms with Crippen molar-refractivity contribution in [2.75, 3.05) is 19.6 Å². The van der Waals surface area contributed by atoms with Gasteiger partial charge in [-0.05, 0) is 30.4 Å². The van der Waals surface area contributed by atoms with Crippen LogP contribution >= 0.6 is 0 Å². The van der Waals surface area contributed by atoms with Crippen LogP contribution in [0.2, 0.25) is 0 Å². The Morgan fingerprint density at radius 2 is 2.09 bits per heavy atom. The molecule has 4 heteroatoms. The molecule has 1 aromatic heterocycles. The Hall–Kier alpha value is -1.42. The second-order valence-corrected chi connectivity index (χ2v) is 7.56. The molecule has 3 rings (SSSR count). The Kier molecular flexibility index (Phi) is 5.31. The zero-order valence-electron chi connectivity index (χ0n) is 14.4. The number of pyridine rings is 1. The molecule has 1 amide bonds. The minimum absolute atomic E-state index is 0.313. The zero-order valence-corrected chi connectivity index (χ0v) is 14.4. The van der Waals surface area contributed by atoms with Crippen LogP contribution in [0.25, 0.3) is 0 Å². The van der Waals surface area contributed by atoms with Crippen LogP contribution in [0.1, 0.15) is 45.1 Å². The van der Waals surface area contributed by atoms with Crippen LogP contribution in [0.4, 0.5) is 0 Å². The molecule has 4 nitrogen and oxygen atoms in total. The quantitative estimate of drug-likeness (QED) is 0.810. The van der Waals surface area contributed by atoms with Gasteiger partial charge in [0, 0.05) is 50.5 Å². The summed E-state index contributed by atoms with van der Waals surface area (Å²) in [4.78, 5) is 21.3. The van der Waals surface area contributed by atoms with Gasteiger partial charge in [-0.1, -0.05) is 32.8 Å². The Morgan fingerprint density at radius 1 is 1.35 bits per heavy atom. The standard InChI is InChI=1S/C19H29N3O/c1-15(2)11-21(12-16-6-5-9-20-10-16)18-13-22(14-18)19(23)17-7-3-4-8-17/h5-6,9-10,15,17-18H,3-4,7-8,11-14H2,1-2H3. The van der Waals surface area contributed by atoms with Gasteiger partial charge in [0.2, 0.25) is 5.91 Å². The van der Waals surface area contributed by atoms with Crippen LogP contribution in [-0.4, -0.2) is 46.4 Å². The molecule has 0 atom stereocenters. The molecule has 0 bridgehead atoms. The van der Waals surface area contributed by atoms with Crippen LogP contribution < -0.4 is 0 Å². The van der Waals surface area contributed by atoms with Crippen molar-refractivity contribution in [2.45, 2.75) is 52.1 Å². The second kappa shape index (κ2) is 7.43. The average Bonchev–Trinajstić information content (AvgIpc) is 3.00. The first-order valence-corrected chi connectivity index (χ1v) is 9.05. The fourth-order valence-corrected chi connectivity index (χ4v) is 3.84. The van der Waals surface area contributed by atoms with Crippen molar-refractivity contribution in [2.24, 2.45) is 11.8 Å². The Labute approximate surface area is 139 Å². The van der Waals surface area contributed by atoms with E-state index in [1.54, 1.807) is 0 Å². The maximum absolute atomic E-state index is 12.5. The van der Waals surface area contributed by atoms with Crippen LogP contribution in [-0.2, 0) is 11.3 Å². The fourth-order valence-electron chi connectivity index (χ4n) is 3.84. The molecule has 1 saturated heterocycles. The number of nitrogens with zero attached hydrogens (tertiary/aromatic N) is 3. The molecule has 1 aliphatic carbocycles. The van der Waals surface area contributed by atoms with Gasteiger partial charge >= 0.3 is 0 Å². The summed E-state index contributed by atoms with van der Waals surface area (Å²) < 4.78 is 0. The topological polar surface area (TPSA) is 36.4 Å². The van der Waals surface area contributed by atoms with Crippen molar-refractivity contribution in [3.8, 4) is 0 Å². The molecule has 0 N–H and O–H groups in total. The van der Waals surface area contributed by atoms with Gasteiger partial charge in [-0.15, -0.1) is 0 Å². The molecular weight excluding hydrogens is 286 g/mol. The lowest BCUT2D eigenvalue weighted by atomic mass is 9.99. The summed E-state index contributed by atoms with van der Waals surface area (Å²) >= 11 is 0. The first-order chi connectivity index (χ1) is 11.1. The van der Waals surface area contributed by atoms with Crippen LogP contribution in [0, 0.1) is 11.8 Å². The van der Waals surface area contributed by atoms with Crippen molar-refractivity contribution in [3.05, 3.63) is 30.1 Å². The minimum atomic E-state index is 0.313. The number of hydrogen-bond donors (Lipinski definition) is 0. The predicted molar refractivity (Wildman–Crippen MR) is 91.8 cm³/mol. The van der Waals surface area contributed by atoms with E-state index in [1.165, 1.54) is 18.4 Å². The number of rotatable bonds is 6. The van der Waals surface area contributed by atoms with E-state index in [-0.39, 0.29) is 0 Å². The number of aromatic nitrogens is 1. The van der Waals surface area contributed by atoms with Gasteiger partial charge in [0.05, 0.1) is 0 Å². The molecular formula is C19H29N3O. The first-order valence-electron chi connectivity index (χ1n) is 9.05. The van der Waals surface area contributed by atoms with Gasteiger partial charge in [-0.3, -0.25) is 14.7 Å². The normalized spacial score (nSPS) is 19.6. The summed E-state index contributed by atoms with van der Waals surface area (Å²) in [6, 6.07) is 4.64. The lowest BCUT2D eigenvalue weighted by Crippen LogP contribution is -2.62. The molecule has 1 saturated carbocycles. The third-order valence-electron chi connectivity index (χ3n) is 5.10. The predicted octanol–water partition coefficient (Wildman–Crippen LogP) is 2.94. The lowest BCUT2D eigenvalue weighted by Gasteiger charge is -2.47. The van der Waals surface area contributed by atoms with Crippen molar-refractivity contribution in [3.63, 3.8) is 0 Å². The van der Waals surface area contributed by atoms with E-state index < -0.39 is 0 Å². The summed E-state index contributed by atoms with van der Waals surface area (Å²) in [6.07, 6.45) is 8.44. The van der Waals surface area contributed by atoms with Gasteiger partial charge in [0.25, 0.3) is 0 Å². The highest BCUT2D eigenvalue weighted by Gasteiger charge is 2.38. The highest BCUT2D eigenvalue weighted by Crippen LogP contribution is 2.29. The Balaban J connectivity index is 1.55. The summed E-state index contributed by atoms with van der Waals surface area (Å²) in [5.74, 6) is 1.35. The van der Waals surface area contributed by atoms with E-state index in [9.17, 15) is 4.79 Å². The van der Waals surface area contributed by atoms with E-state index in [2.05, 4.69) is 34.7 Å². The third-order valence-corrected chi connectivity index (χ3v) is 5.10. The first kappa shape index (κ1) is 16.4. The van der Waals surface area contributed by atoms with Crippen molar-refractivity contribution in [1.82, 2.24) is 14.8 Å². The molecule has 126 valence electrons. The number of carbonyl (C=O) groups excluding carboxylic acids is 1. The molecule has 23 heavy (non-hydrogen) atoms. The lowest BCUT2D eigenvalue weighted by molar-refractivity contribution is -0.143. The molecule has 2 heterocycles. The maximum atomic E-state index is 12.5. The molecule has 1 aliphatic heterocycles. The summed E-state index contributed by atoms with van der Waals surface area (Å²) in [5, 5.41) is 0. The molecule has 2 aliphatic rings. The number of carbonyl (C=O) groups is 1. The maximum Gasteiger partial charge on any atom is 0.225 e. The van der Waals surface area contributed by atoms with Crippen molar-refractivity contribution >= 4 is 5.91 Å². The van der Waals surface area contributed by atoms with Crippen molar-refractivity contribution in [1.29, 1.82) is 0 Å². The molecule has 2 fully saturated rings. The molecule has 0 spiro atoms. The Bertz CT molecular complexity index is 505. The number of amides is 1. The molecule has 0 unspecified atom stereocenters. The van der Waals surface area contributed by atoms with Gasteiger partial charge in [0.1, 0.15) is 0 Å². The SMILES string of the molecule is CC(C)CN(Cc1cccnc1)C1CN(C(=O)C2CCCC2)C1. The van der Waals surface area contributed by atoms with E-state index in [0.29, 0.717) is 23.8 Å². The largest absolute Gasteiger partial charge is 0.339 e. The zero-order chi connectivity index (χ0) is 16.2. The molecule has 0 aromatic carbocycles. The molecule has 0 radical (unpaired) electrons. The van der Waals surface area contributed by atoms with Crippen LogP contribution in [0.3, 0.4) is 0 Å². The average molecular weight is 315 g/mol. The van der Waals surface area contributed by atoms with Gasteiger partial charge in [-0.25, -0.2) is 0 Å². The highest BCUT2D eigenvalue weighted by molar-refractivity contribution is 5.80. The smallest absolute Gasteiger partial charge is 0.225 e. The second-order valence-electron chi connectivity index (χ2n) is 7.56. The van der Waals surface area contributed by atoms with Crippen LogP contribution in [0.5, 0.6) is 0 Å². The summed E-state index contributed by atoms with van der Waals surface area (Å²) in [7, 11) is 0. The summed E-state index contributed by atoms with van der Waals surface area (Å²) in [6.45, 7) is 8.34. The number of likely N-dealkylation sites (tertiary alicyclic amines) is 1. The van der Waals surface area contributed by atoms with E-state index in [0.717, 1.165) is 39.0 Å². The fraction of sp³-hybridized carbons (Fsp3) is 0.684. The van der Waals surface area contributed by atoms with Gasteiger partial charge in [0.15, 0.2) is 0 Å². The van der Waals surface area contributed by atoms with E-state index in [4.69, 9.17) is 0 Å². The minimum Gasteiger partial charge on any atom is -0.339 e. The van der Waals surface area contributed by atoms with E-state index in [1.807, 2.05) is 18.5 Å². The van der Waals surface area contributed by atoms with Gasteiger partial charge in [-0.2, -0.15) is 0 Å². The van der Waals surface area contributed by atoms with E-state index >= 15 is 0 Å². The van der Waals surface area contributed by atoms with Crippen molar-refractivity contribution < 1.29 is 4.79 Å². The van der Waals surface area contributed by atoms with Gasteiger partial charge < -0.3 is 4.90 Å². The number of hydrogen-bond acceptors (Lipinski definition) is 3. The van der Waals surface area contributed by atoms with Crippen LogP contribution in [0.15, 0.2) is 24.5 Å². The third kappa shape index (κ3) is 4.11. The highest BCUT2D eigenvalue weighted by atomic mass is 16.2. The Morgan fingerprint density at radius 3 is 2.70 bits per heavy atom. The summed E-state index contributed by atoms with van der Waals surface area (Å²) in [5.41, 5.74) is 1.26. The molecule has 1 aromatic rings.